The molecule has 2 heterocycles. The minimum absolute atomic E-state index is 0.123. The molecule has 0 radical (unpaired) electrons. The second-order valence-electron chi connectivity index (χ2n) is 7.07. The van der Waals surface area contributed by atoms with E-state index in [2.05, 4.69) is 43.4 Å². The number of thiophene rings is 1. The summed E-state index contributed by atoms with van der Waals surface area (Å²) < 4.78 is 0.864. The zero-order valence-corrected chi connectivity index (χ0v) is 17.1. The molecule has 3 rings (SSSR count). The summed E-state index contributed by atoms with van der Waals surface area (Å²) in [6.07, 6.45) is 0.929. The number of quaternary nitrogens is 2. The van der Waals surface area contributed by atoms with Crippen LogP contribution in [-0.4, -0.2) is 38.6 Å². The van der Waals surface area contributed by atoms with E-state index in [1.165, 1.54) is 15.3 Å². The Hall–Kier alpha value is -1.40. The number of halogens is 1. The van der Waals surface area contributed by atoms with Crippen LogP contribution in [0.5, 0.6) is 0 Å². The van der Waals surface area contributed by atoms with E-state index in [0.717, 1.165) is 54.7 Å². The number of amides is 1. The number of aryl methyl sites for hydroxylation is 2. The van der Waals surface area contributed by atoms with Gasteiger partial charge in [-0.25, -0.2) is 0 Å². The molecule has 6 heteroatoms. The van der Waals surface area contributed by atoms with Crippen LogP contribution in [0.25, 0.3) is 0 Å². The summed E-state index contributed by atoms with van der Waals surface area (Å²) in [6.45, 7) is 10.0. The predicted molar refractivity (Wildman–Crippen MR) is 108 cm³/mol. The van der Waals surface area contributed by atoms with Crippen LogP contribution in [-0.2, 0) is 17.8 Å². The third-order valence-electron chi connectivity index (χ3n) is 5.13. The van der Waals surface area contributed by atoms with E-state index in [1.807, 2.05) is 6.07 Å². The van der Waals surface area contributed by atoms with Crippen molar-refractivity contribution >= 4 is 34.5 Å². The molecule has 0 atom stereocenters. The van der Waals surface area contributed by atoms with E-state index < -0.39 is 0 Å². The second kappa shape index (κ2) is 9.00. The minimum Gasteiger partial charge on any atom is -0.321 e. The number of para-hydroxylation sites is 1. The first-order valence-electron chi connectivity index (χ1n) is 9.35. The molecule has 1 aliphatic rings. The molecule has 140 valence electrons. The van der Waals surface area contributed by atoms with Crippen LogP contribution in [0.1, 0.15) is 22.9 Å². The van der Waals surface area contributed by atoms with Crippen LogP contribution < -0.4 is 15.1 Å². The Bertz CT molecular complexity index is 753. The molecule has 0 aliphatic carbocycles. The number of nitrogens with one attached hydrogen (secondary N) is 3. The normalized spacial score (nSPS) is 20.1. The predicted octanol–water partition coefficient (Wildman–Crippen LogP) is 1.19. The number of carbonyl (C=O) groups excluding carboxylic acids is 1. The lowest BCUT2D eigenvalue weighted by Gasteiger charge is -2.29. The van der Waals surface area contributed by atoms with Crippen LogP contribution in [0.15, 0.2) is 30.3 Å². The maximum atomic E-state index is 12.5. The molecule has 0 bridgehead atoms. The summed E-state index contributed by atoms with van der Waals surface area (Å²) in [5.74, 6) is 0.123. The Labute approximate surface area is 164 Å². The van der Waals surface area contributed by atoms with E-state index in [0.29, 0.717) is 6.54 Å². The number of carbonyl (C=O) groups is 1. The fraction of sp³-hybridized carbons (Fsp3) is 0.450. The number of hydrogen-bond acceptors (Lipinski definition) is 2. The first kappa shape index (κ1) is 19.4. The lowest BCUT2D eigenvalue weighted by molar-refractivity contribution is -1.01. The van der Waals surface area contributed by atoms with Crippen LogP contribution in [0.2, 0.25) is 4.34 Å². The van der Waals surface area contributed by atoms with Crippen molar-refractivity contribution in [3.63, 3.8) is 0 Å². The molecule has 0 spiro atoms. The molecule has 1 fully saturated rings. The Morgan fingerprint density at radius 1 is 1.15 bits per heavy atom. The molecule has 0 unspecified atom stereocenters. The Morgan fingerprint density at radius 2 is 1.88 bits per heavy atom. The van der Waals surface area contributed by atoms with Crippen molar-refractivity contribution < 1.29 is 14.6 Å². The quantitative estimate of drug-likeness (QED) is 0.677. The second-order valence-corrected chi connectivity index (χ2v) is 8.87. The minimum atomic E-state index is 0.123. The summed E-state index contributed by atoms with van der Waals surface area (Å²) in [7, 11) is 0. The van der Waals surface area contributed by atoms with Gasteiger partial charge >= 0.3 is 0 Å². The fourth-order valence-corrected chi connectivity index (χ4v) is 4.78. The van der Waals surface area contributed by atoms with Crippen molar-refractivity contribution in [2.75, 3.05) is 38.0 Å². The summed E-state index contributed by atoms with van der Waals surface area (Å²) in [6, 6.07) is 10.3. The largest absolute Gasteiger partial charge is 0.321 e. The molecular formula is C20H28ClN3OS+2. The van der Waals surface area contributed by atoms with Gasteiger partial charge in [-0.15, -0.1) is 11.3 Å². The third-order valence-corrected chi connectivity index (χ3v) is 6.36. The number of piperazine rings is 1. The van der Waals surface area contributed by atoms with Crippen LogP contribution in [0.4, 0.5) is 5.69 Å². The van der Waals surface area contributed by atoms with Gasteiger partial charge in [0.2, 0.25) is 0 Å². The van der Waals surface area contributed by atoms with E-state index in [1.54, 1.807) is 16.2 Å². The highest BCUT2D eigenvalue weighted by atomic mass is 35.5. The molecule has 1 aliphatic heterocycles. The van der Waals surface area contributed by atoms with Crippen LogP contribution in [0, 0.1) is 6.92 Å². The van der Waals surface area contributed by atoms with Gasteiger partial charge < -0.3 is 15.1 Å². The van der Waals surface area contributed by atoms with Gasteiger partial charge in [-0.05, 0) is 36.6 Å². The van der Waals surface area contributed by atoms with Crippen molar-refractivity contribution in [2.45, 2.75) is 26.8 Å². The van der Waals surface area contributed by atoms with Gasteiger partial charge in [0.15, 0.2) is 6.54 Å². The summed E-state index contributed by atoms with van der Waals surface area (Å²) in [4.78, 5) is 16.8. The maximum absolute atomic E-state index is 12.5. The standard InChI is InChI=1S/C20H26ClN3OS/c1-3-16-6-4-5-15(2)20(16)22-19(25)14-24-11-9-23(10-12-24)13-17-7-8-18(21)26-17/h4-8H,3,9-14H2,1-2H3,(H,22,25)/p+2. The summed E-state index contributed by atoms with van der Waals surface area (Å²) >= 11 is 7.69. The monoisotopic (exact) mass is 393 g/mol. The van der Waals surface area contributed by atoms with Crippen molar-refractivity contribution in [3.8, 4) is 0 Å². The lowest BCUT2D eigenvalue weighted by atomic mass is 10.1. The number of anilines is 1. The van der Waals surface area contributed by atoms with E-state index >= 15 is 0 Å². The zero-order chi connectivity index (χ0) is 18.5. The zero-order valence-electron chi connectivity index (χ0n) is 15.5. The SMILES string of the molecule is CCc1cccc(C)c1NC(=O)C[NH+]1CC[NH+](Cc2ccc(Cl)s2)CC1. The van der Waals surface area contributed by atoms with E-state index in [9.17, 15) is 4.79 Å². The molecule has 1 aromatic heterocycles. The average molecular weight is 394 g/mol. The smallest absolute Gasteiger partial charge is 0.279 e. The highest BCUT2D eigenvalue weighted by Gasteiger charge is 2.25. The van der Waals surface area contributed by atoms with Crippen LogP contribution >= 0.6 is 22.9 Å². The first-order chi connectivity index (χ1) is 12.5. The molecule has 0 saturated carbocycles. The number of hydrogen-bond donors (Lipinski definition) is 3. The number of benzene rings is 1. The Kier molecular flexibility index (Phi) is 6.70. The van der Waals surface area contributed by atoms with Gasteiger partial charge in [-0.1, -0.05) is 36.7 Å². The van der Waals surface area contributed by atoms with Crippen molar-refractivity contribution in [1.82, 2.24) is 0 Å². The molecule has 1 amide bonds. The van der Waals surface area contributed by atoms with Gasteiger partial charge in [0.1, 0.15) is 32.7 Å². The highest BCUT2D eigenvalue weighted by molar-refractivity contribution is 7.16. The van der Waals surface area contributed by atoms with Gasteiger partial charge in [0.05, 0.1) is 9.21 Å². The summed E-state index contributed by atoms with van der Waals surface area (Å²) in [5.41, 5.74) is 3.34. The molecule has 3 N–H and O–H groups in total. The molecule has 1 saturated heterocycles. The van der Waals surface area contributed by atoms with Crippen molar-refractivity contribution in [3.05, 3.63) is 50.7 Å². The molecule has 1 aromatic carbocycles. The first-order valence-corrected chi connectivity index (χ1v) is 10.5. The van der Waals surface area contributed by atoms with Crippen molar-refractivity contribution in [1.29, 1.82) is 0 Å². The fourth-order valence-electron chi connectivity index (χ4n) is 3.62. The molecule has 2 aromatic rings. The Balaban J connectivity index is 1.48. The summed E-state index contributed by atoms with van der Waals surface area (Å²) in [5, 5.41) is 3.15. The topological polar surface area (TPSA) is 38.0 Å². The molecular weight excluding hydrogens is 366 g/mol. The Morgan fingerprint density at radius 3 is 2.54 bits per heavy atom. The average Bonchev–Trinajstić information content (AvgIpc) is 3.03. The van der Waals surface area contributed by atoms with Crippen molar-refractivity contribution in [2.24, 2.45) is 0 Å². The van der Waals surface area contributed by atoms with Crippen LogP contribution in [0.3, 0.4) is 0 Å². The molecule has 26 heavy (non-hydrogen) atoms. The highest BCUT2D eigenvalue weighted by Crippen LogP contribution is 2.21. The van der Waals surface area contributed by atoms with Gasteiger partial charge in [0.25, 0.3) is 5.91 Å². The van der Waals surface area contributed by atoms with Gasteiger partial charge in [0, 0.05) is 5.69 Å². The van der Waals surface area contributed by atoms with Gasteiger partial charge in [-0.3, -0.25) is 4.79 Å². The van der Waals surface area contributed by atoms with E-state index in [-0.39, 0.29) is 5.91 Å². The lowest BCUT2D eigenvalue weighted by Crippen LogP contribution is -3.28. The molecule has 4 nitrogen and oxygen atoms in total. The van der Waals surface area contributed by atoms with Gasteiger partial charge in [-0.2, -0.15) is 0 Å². The maximum Gasteiger partial charge on any atom is 0.279 e. The van der Waals surface area contributed by atoms with E-state index in [4.69, 9.17) is 11.6 Å². The third kappa shape index (κ3) is 5.07. The number of rotatable bonds is 6.